The van der Waals surface area contributed by atoms with Crippen molar-refractivity contribution in [1.29, 1.82) is 0 Å². The summed E-state index contributed by atoms with van der Waals surface area (Å²) in [4.78, 5) is 30.4. The van der Waals surface area contributed by atoms with Crippen LogP contribution in [0.3, 0.4) is 0 Å². The number of aliphatic hydroxyl groups is 1. The Morgan fingerprint density at radius 1 is 1.33 bits per heavy atom. The van der Waals surface area contributed by atoms with E-state index >= 15 is 0 Å². The van der Waals surface area contributed by atoms with E-state index in [1.54, 1.807) is 23.6 Å². The quantitative estimate of drug-likeness (QED) is 0.341. The zero-order valence-corrected chi connectivity index (χ0v) is 16.7. The highest BCUT2D eigenvalue weighted by Gasteiger charge is 2.45. The third kappa shape index (κ3) is 2.26. The first-order chi connectivity index (χ1) is 14.3. The van der Waals surface area contributed by atoms with Crippen molar-refractivity contribution in [3.63, 3.8) is 0 Å². The Kier molecular flexibility index (Phi) is 3.84. The van der Waals surface area contributed by atoms with Gasteiger partial charge < -0.3 is 25.9 Å². The molecule has 8 nitrogen and oxygen atoms in total. The van der Waals surface area contributed by atoms with E-state index in [4.69, 9.17) is 21.2 Å². The first-order valence-corrected chi connectivity index (χ1v) is 9.91. The highest BCUT2D eigenvalue weighted by Crippen LogP contribution is 2.42. The van der Waals surface area contributed by atoms with Crippen molar-refractivity contribution >= 4 is 22.6 Å². The fraction of sp³-hybridized carbons (Fsp3) is 0.318. The van der Waals surface area contributed by atoms with Gasteiger partial charge in [-0.2, -0.15) is 0 Å². The van der Waals surface area contributed by atoms with Gasteiger partial charge in [0.25, 0.3) is 5.56 Å². The minimum atomic E-state index is -1.85. The molecule has 154 valence electrons. The number of nitrogens with two attached hydrogens (primary N) is 2. The molecule has 2 aromatic heterocycles. The lowest BCUT2D eigenvalue weighted by Crippen LogP contribution is -2.44. The van der Waals surface area contributed by atoms with Crippen molar-refractivity contribution in [1.82, 2.24) is 9.55 Å². The summed E-state index contributed by atoms with van der Waals surface area (Å²) in [6, 6.07) is 6.85. The molecular weight excluding hydrogens is 384 g/mol. The number of cyclic esters (lactones) is 1. The fourth-order valence-corrected chi connectivity index (χ4v) is 4.70. The highest BCUT2D eigenvalue weighted by atomic mass is 16.6. The Balaban J connectivity index is 1.87. The number of carbonyl (C=O) groups is 1. The number of aromatic nitrogens is 2. The lowest BCUT2D eigenvalue weighted by atomic mass is 9.86. The predicted molar refractivity (Wildman–Crippen MR) is 112 cm³/mol. The van der Waals surface area contributed by atoms with E-state index in [0.717, 1.165) is 16.5 Å². The maximum atomic E-state index is 13.3. The van der Waals surface area contributed by atoms with E-state index < -0.39 is 11.6 Å². The zero-order chi connectivity index (χ0) is 21.4. The van der Waals surface area contributed by atoms with Crippen LogP contribution in [0, 0.1) is 0 Å². The number of ether oxygens (including phenoxy) is 1. The van der Waals surface area contributed by atoms with E-state index in [0.29, 0.717) is 40.3 Å². The third-order valence-corrected chi connectivity index (χ3v) is 6.24. The fourth-order valence-electron chi connectivity index (χ4n) is 4.70. The largest absolute Gasteiger partial charge is 0.458 e. The maximum absolute atomic E-state index is 13.3. The number of rotatable bonds is 2. The van der Waals surface area contributed by atoms with Crippen LogP contribution in [0.4, 0.5) is 5.69 Å². The zero-order valence-electron chi connectivity index (χ0n) is 16.7. The molecular formula is C22H22N4O4. The van der Waals surface area contributed by atoms with E-state index in [1.165, 1.54) is 0 Å². The van der Waals surface area contributed by atoms with Gasteiger partial charge in [-0.15, -0.1) is 0 Å². The standard InChI is InChI=1S/C22H22N4O4/c1-3-22(29)13-7-16-19-11(8-26(16)20(27)12(13)9-30-21(22)28)17(10(2)23)18-14(24)5-4-6-15(18)25-19/h4-7,10,29H,3,8-9,23-24H2,1-2H3/t10-,22+/m1/s1. The molecule has 8 heteroatoms. The molecule has 5 rings (SSSR count). The molecule has 0 fully saturated rings. The molecule has 0 saturated carbocycles. The average molecular weight is 406 g/mol. The summed E-state index contributed by atoms with van der Waals surface area (Å²) >= 11 is 0. The van der Waals surface area contributed by atoms with Crippen LogP contribution in [0.2, 0.25) is 0 Å². The van der Waals surface area contributed by atoms with E-state index in [1.807, 2.05) is 19.1 Å². The van der Waals surface area contributed by atoms with Crippen LogP contribution < -0.4 is 17.0 Å². The summed E-state index contributed by atoms with van der Waals surface area (Å²) in [6.45, 7) is 3.69. The van der Waals surface area contributed by atoms with Gasteiger partial charge in [-0.1, -0.05) is 13.0 Å². The molecule has 2 aliphatic rings. The number of nitrogen functional groups attached to an aromatic ring is 1. The van der Waals surface area contributed by atoms with Crippen molar-refractivity contribution in [2.45, 2.75) is 45.1 Å². The molecule has 30 heavy (non-hydrogen) atoms. The van der Waals surface area contributed by atoms with Gasteiger partial charge in [0, 0.05) is 28.2 Å². The van der Waals surface area contributed by atoms with Crippen LogP contribution in [0.1, 0.15) is 48.6 Å². The lowest BCUT2D eigenvalue weighted by Gasteiger charge is -2.31. The smallest absolute Gasteiger partial charge is 0.343 e. The molecule has 0 spiro atoms. The number of pyridine rings is 2. The van der Waals surface area contributed by atoms with Crippen molar-refractivity contribution in [2.75, 3.05) is 5.73 Å². The van der Waals surface area contributed by atoms with Crippen LogP contribution in [-0.4, -0.2) is 20.6 Å². The predicted octanol–water partition coefficient (Wildman–Crippen LogP) is 1.68. The molecule has 1 aromatic carbocycles. The van der Waals surface area contributed by atoms with Gasteiger partial charge in [0.1, 0.15) is 6.61 Å². The van der Waals surface area contributed by atoms with Crippen molar-refractivity contribution in [2.24, 2.45) is 5.73 Å². The second kappa shape index (κ2) is 6.13. The summed E-state index contributed by atoms with van der Waals surface area (Å²) in [6.07, 6.45) is 0.0986. The van der Waals surface area contributed by atoms with Gasteiger partial charge in [0.2, 0.25) is 0 Å². The molecule has 0 unspecified atom stereocenters. The Bertz CT molecular complexity index is 1310. The SMILES string of the molecule is CC[C@@]1(O)C(=O)OCc2c1cc1n(c2=O)Cc2c-1nc1cccc(N)c1c2[C@@H](C)N. The molecule has 0 radical (unpaired) electrons. The van der Waals surface area contributed by atoms with Gasteiger partial charge in [0.05, 0.1) is 29.0 Å². The normalized spacial score (nSPS) is 20.5. The van der Waals surface area contributed by atoms with Crippen LogP contribution in [-0.2, 0) is 28.3 Å². The molecule has 5 N–H and O–H groups in total. The molecule has 0 amide bonds. The number of fused-ring (bicyclic) bond motifs is 5. The van der Waals surface area contributed by atoms with Gasteiger partial charge in [-0.25, -0.2) is 9.78 Å². The molecule has 0 aliphatic carbocycles. The second-order valence-electron chi connectivity index (χ2n) is 7.99. The second-order valence-corrected chi connectivity index (χ2v) is 7.99. The first kappa shape index (κ1) is 18.8. The summed E-state index contributed by atoms with van der Waals surface area (Å²) in [5.74, 6) is -0.740. The average Bonchev–Trinajstić information content (AvgIpc) is 3.08. The number of benzene rings is 1. The van der Waals surface area contributed by atoms with E-state index in [9.17, 15) is 14.7 Å². The van der Waals surface area contributed by atoms with Gasteiger partial charge in [0.15, 0.2) is 5.60 Å². The van der Waals surface area contributed by atoms with Crippen LogP contribution in [0.5, 0.6) is 0 Å². The van der Waals surface area contributed by atoms with Crippen molar-refractivity contribution < 1.29 is 14.6 Å². The van der Waals surface area contributed by atoms with Crippen LogP contribution in [0.15, 0.2) is 29.1 Å². The summed E-state index contributed by atoms with van der Waals surface area (Å²) in [5.41, 5.74) is 15.1. The Hall–Kier alpha value is -3.23. The van der Waals surface area contributed by atoms with Crippen LogP contribution in [0.25, 0.3) is 22.3 Å². The summed E-state index contributed by atoms with van der Waals surface area (Å²) < 4.78 is 6.72. The molecule has 3 aromatic rings. The number of esters is 1. The van der Waals surface area contributed by atoms with Crippen LogP contribution >= 0.6 is 0 Å². The summed E-state index contributed by atoms with van der Waals surface area (Å²) in [7, 11) is 0. The molecule has 0 bridgehead atoms. The number of nitrogens with zero attached hydrogens (tertiary/aromatic N) is 2. The number of carbonyl (C=O) groups excluding carboxylic acids is 1. The molecule has 0 saturated heterocycles. The number of anilines is 1. The topological polar surface area (TPSA) is 133 Å². The Morgan fingerprint density at radius 3 is 2.80 bits per heavy atom. The lowest BCUT2D eigenvalue weighted by molar-refractivity contribution is -0.172. The molecule has 4 heterocycles. The molecule has 2 atom stereocenters. The summed E-state index contributed by atoms with van der Waals surface area (Å²) in [5, 5.41) is 11.8. The van der Waals surface area contributed by atoms with E-state index in [2.05, 4.69) is 0 Å². The first-order valence-electron chi connectivity index (χ1n) is 9.91. The van der Waals surface area contributed by atoms with Crippen molar-refractivity contribution in [3.8, 4) is 11.4 Å². The number of hydrogen-bond donors (Lipinski definition) is 3. The van der Waals surface area contributed by atoms with E-state index in [-0.39, 0.29) is 24.6 Å². The monoisotopic (exact) mass is 406 g/mol. The maximum Gasteiger partial charge on any atom is 0.343 e. The van der Waals surface area contributed by atoms with Gasteiger partial charge in [-0.05, 0) is 37.1 Å². The minimum absolute atomic E-state index is 0.0986. The Labute approximate surface area is 172 Å². The third-order valence-electron chi connectivity index (χ3n) is 6.24. The highest BCUT2D eigenvalue weighted by molar-refractivity contribution is 5.97. The number of hydrogen-bond acceptors (Lipinski definition) is 7. The molecule has 2 aliphatic heterocycles. The van der Waals surface area contributed by atoms with Gasteiger partial charge in [-0.3, -0.25) is 4.79 Å². The Morgan fingerprint density at radius 2 is 2.10 bits per heavy atom. The van der Waals surface area contributed by atoms with Gasteiger partial charge >= 0.3 is 5.97 Å². The minimum Gasteiger partial charge on any atom is -0.458 e. The van der Waals surface area contributed by atoms with Crippen molar-refractivity contribution in [3.05, 3.63) is 56.9 Å².